The van der Waals surface area contributed by atoms with Crippen LogP contribution < -0.4 is 5.73 Å². The summed E-state index contributed by atoms with van der Waals surface area (Å²) in [4.78, 5) is 12.0. The summed E-state index contributed by atoms with van der Waals surface area (Å²) in [6, 6.07) is -0.0248. The van der Waals surface area contributed by atoms with Crippen molar-refractivity contribution in [2.24, 2.45) is 11.7 Å². The third-order valence-corrected chi connectivity index (χ3v) is 2.32. The summed E-state index contributed by atoms with van der Waals surface area (Å²) < 4.78 is 35.7. The number of hydrogen-bond acceptors (Lipinski definition) is 2. The first-order chi connectivity index (χ1) is 6.29. The van der Waals surface area contributed by atoms with Gasteiger partial charge in [0.25, 0.3) is 0 Å². The molecule has 0 aromatic heterocycles. The smallest absolute Gasteiger partial charge is 0.336 e. The first-order valence-electron chi connectivity index (χ1n) is 4.37. The van der Waals surface area contributed by atoms with Crippen LogP contribution in [0.1, 0.15) is 12.8 Å². The number of amides is 1. The molecule has 1 saturated carbocycles. The Bertz CT molecular complexity index is 223. The molecule has 0 spiro atoms. The highest BCUT2D eigenvalue weighted by Crippen LogP contribution is 2.28. The van der Waals surface area contributed by atoms with E-state index >= 15 is 0 Å². The fourth-order valence-electron chi connectivity index (χ4n) is 1.52. The Morgan fingerprint density at radius 3 is 2.36 bits per heavy atom. The lowest BCUT2D eigenvalue weighted by Gasteiger charge is -2.34. The standard InChI is InChI=1S/C8H13F3N2O/c1-13(4-8(9,10)11)7(14)5-2-6(12)3-5/h5-6H,2-4,12H2,1H3. The number of halogens is 3. The van der Waals surface area contributed by atoms with Crippen LogP contribution in [0.3, 0.4) is 0 Å². The van der Waals surface area contributed by atoms with Crippen LogP contribution in [0.15, 0.2) is 0 Å². The van der Waals surface area contributed by atoms with Crippen molar-refractivity contribution >= 4 is 5.91 Å². The Hall–Kier alpha value is -0.780. The summed E-state index contributed by atoms with van der Waals surface area (Å²) in [6.07, 6.45) is -3.32. The second-order valence-electron chi connectivity index (χ2n) is 3.74. The van der Waals surface area contributed by atoms with Crippen LogP contribution in [-0.4, -0.2) is 36.6 Å². The second-order valence-corrected chi connectivity index (χ2v) is 3.74. The van der Waals surface area contributed by atoms with E-state index in [0.29, 0.717) is 12.8 Å². The van der Waals surface area contributed by atoms with E-state index in [4.69, 9.17) is 5.73 Å². The van der Waals surface area contributed by atoms with Crippen LogP contribution >= 0.6 is 0 Å². The maximum Gasteiger partial charge on any atom is 0.406 e. The molecule has 2 N–H and O–H groups in total. The van der Waals surface area contributed by atoms with Crippen LogP contribution in [0.5, 0.6) is 0 Å². The number of carbonyl (C=O) groups is 1. The van der Waals surface area contributed by atoms with Crippen molar-refractivity contribution in [2.75, 3.05) is 13.6 Å². The topological polar surface area (TPSA) is 46.3 Å². The van der Waals surface area contributed by atoms with Crippen LogP contribution in [0.25, 0.3) is 0 Å². The molecule has 6 heteroatoms. The molecule has 0 heterocycles. The van der Waals surface area contributed by atoms with Gasteiger partial charge in [-0.1, -0.05) is 0 Å². The SMILES string of the molecule is CN(CC(F)(F)F)C(=O)C1CC(N)C1. The van der Waals surface area contributed by atoms with E-state index in [1.54, 1.807) is 0 Å². The minimum atomic E-state index is -4.32. The van der Waals surface area contributed by atoms with Crippen molar-refractivity contribution in [1.29, 1.82) is 0 Å². The normalized spacial score (nSPS) is 26.9. The molecule has 3 nitrogen and oxygen atoms in total. The fraction of sp³-hybridized carbons (Fsp3) is 0.875. The summed E-state index contributed by atoms with van der Waals surface area (Å²) in [7, 11) is 1.17. The quantitative estimate of drug-likeness (QED) is 0.730. The van der Waals surface area contributed by atoms with Crippen LogP contribution in [0, 0.1) is 5.92 Å². The Morgan fingerprint density at radius 1 is 1.50 bits per heavy atom. The Labute approximate surface area is 80.0 Å². The predicted molar refractivity (Wildman–Crippen MR) is 44.4 cm³/mol. The molecule has 1 aliphatic rings. The Kier molecular flexibility index (Phi) is 3.04. The van der Waals surface area contributed by atoms with E-state index < -0.39 is 18.6 Å². The third kappa shape index (κ3) is 2.87. The lowest BCUT2D eigenvalue weighted by Crippen LogP contribution is -2.47. The van der Waals surface area contributed by atoms with Gasteiger partial charge in [-0.05, 0) is 12.8 Å². The molecule has 0 radical (unpaired) electrons. The zero-order valence-corrected chi connectivity index (χ0v) is 7.84. The zero-order valence-electron chi connectivity index (χ0n) is 7.84. The predicted octanol–water partition coefficient (Wildman–Crippen LogP) is 0.744. The van der Waals surface area contributed by atoms with Gasteiger partial charge in [-0.15, -0.1) is 0 Å². The Morgan fingerprint density at radius 2 is 2.00 bits per heavy atom. The fourth-order valence-corrected chi connectivity index (χ4v) is 1.52. The van der Waals surface area contributed by atoms with E-state index in [0.717, 1.165) is 4.90 Å². The maximum atomic E-state index is 11.9. The molecular weight excluding hydrogens is 197 g/mol. The van der Waals surface area contributed by atoms with Gasteiger partial charge in [-0.2, -0.15) is 13.2 Å². The van der Waals surface area contributed by atoms with Crippen molar-refractivity contribution in [1.82, 2.24) is 4.90 Å². The first-order valence-corrected chi connectivity index (χ1v) is 4.37. The summed E-state index contributed by atoms with van der Waals surface area (Å²) in [5.74, 6) is -0.763. The van der Waals surface area contributed by atoms with Gasteiger partial charge in [0.05, 0.1) is 0 Å². The minimum Gasteiger partial charge on any atom is -0.336 e. The summed E-state index contributed by atoms with van der Waals surface area (Å²) in [5, 5.41) is 0. The van der Waals surface area contributed by atoms with E-state index in [1.165, 1.54) is 7.05 Å². The largest absolute Gasteiger partial charge is 0.406 e. The van der Waals surface area contributed by atoms with Gasteiger partial charge < -0.3 is 10.6 Å². The number of rotatable bonds is 2. The zero-order chi connectivity index (χ0) is 10.9. The molecule has 1 aliphatic carbocycles. The van der Waals surface area contributed by atoms with Gasteiger partial charge in [0.15, 0.2) is 0 Å². The van der Waals surface area contributed by atoms with Gasteiger partial charge in [0.2, 0.25) is 5.91 Å². The molecule has 1 rings (SSSR count). The molecular formula is C8H13F3N2O. The lowest BCUT2D eigenvalue weighted by atomic mass is 9.80. The summed E-state index contributed by atoms with van der Waals surface area (Å²) in [6.45, 7) is -1.18. The van der Waals surface area contributed by atoms with Gasteiger partial charge >= 0.3 is 6.18 Å². The van der Waals surface area contributed by atoms with E-state index in [2.05, 4.69) is 0 Å². The van der Waals surface area contributed by atoms with Gasteiger partial charge in [0.1, 0.15) is 6.54 Å². The highest BCUT2D eigenvalue weighted by Gasteiger charge is 2.37. The van der Waals surface area contributed by atoms with Crippen molar-refractivity contribution in [3.8, 4) is 0 Å². The molecule has 0 atom stereocenters. The highest BCUT2D eigenvalue weighted by atomic mass is 19.4. The molecule has 0 aliphatic heterocycles. The molecule has 14 heavy (non-hydrogen) atoms. The molecule has 0 aromatic rings. The number of hydrogen-bond donors (Lipinski definition) is 1. The summed E-state index contributed by atoms with van der Waals surface area (Å²) >= 11 is 0. The van der Waals surface area contributed by atoms with E-state index in [1.807, 2.05) is 0 Å². The van der Waals surface area contributed by atoms with Crippen molar-refractivity contribution < 1.29 is 18.0 Å². The van der Waals surface area contributed by atoms with E-state index in [9.17, 15) is 18.0 Å². The second kappa shape index (κ2) is 3.76. The first kappa shape index (κ1) is 11.3. The van der Waals surface area contributed by atoms with E-state index in [-0.39, 0.29) is 12.0 Å². The Balaban J connectivity index is 2.38. The van der Waals surface area contributed by atoms with Gasteiger partial charge in [-0.3, -0.25) is 4.79 Å². The van der Waals surface area contributed by atoms with Crippen molar-refractivity contribution in [3.63, 3.8) is 0 Å². The van der Waals surface area contributed by atoms with Crippen LogP contribution in [0.4, 0.5) is 13.2 Å². The van der Waals surface area contributed by atoms with Crippen LogP contribution in [0.2, 0.25) is 0 Å². The van der Waals surface area contributed by atoms with Crippen molar-refractivity contribution in [2.45, 2.75) is 25.1 Å². The van der Waals surface area contributed by atoms with Gasteiger partial charge in [0, 0.05) is 19.0 Å². The molecule has 0 aromatic carbocycles. The van der Waals surface area contributed by atoms with Crippen molar-refractivity contribution in [3.05, 3.63) is 0 Å². The average Bonchev–Trinajstić information content (AvgIpc) is 1.94. The molecule has 0 bridgehead atoms. The van der Waals surface area contributed by atoms with Crippen LogP contribution in [-0.2, 0) is 4.79 Å². The molecule has 1 fully saturated rings. The maximum absolute atomic E-state index is 11.9. The summed E-state index contributed by atoms with van der Waals surface area (Å²) in [5.41, 5.74) is 5.44. The molecule has 0 saturated heterocycles. The monoisotopic (exact) mass is 210 g/mol. The average molecular weight is 210 g/mol. The third-order valence-electron chi connectivity index (χ3n) is 2.32. The number of nitrogens with zero attached hydrogens (tertiary/aromatic N) is 1. The highest BCUT2D eigenvalue weighted by molar-refractivity contribution is 5.79. The number of alkyl halides is 3. The minimum absolute atomic E-state index is 0.0248. The lowest BCUT2D eigenvalue weighted by molar-refractivity contribution is -0.162. The number of nitrogens with two attached hydrogens (primary N) is 1. The molecule has 1 amide bonds. The number of carbonyl (C=O) groups excluding carboxylic acids is 1. The van der Waals surface area contributed by atoms with Gasteiger partial charge in [-0.25, -0.2) is 0 Å². The molecule has 82 valence electrons. The molecule has 0 unspecified atom stereocenters.